The SMILES string of the molecule is N#Cc1c(O)ccc(CC(N)C(=O)O)c1F. The Morgan fingerprint density at radius 2 is 2.25 bits per heavy atom. The molecule has 0 aliphatic carbocycles. The minimum Gasteiger partial charge on any atom is -0.506 e. The lowest BCUT2D eigenvalue weighted by molar-refractivity contribution is -0.138. The molecule has 0 aliphatic rings. The van der Waals surface area contributed by atoms with Crippen LogP contribution in [0.3, 0.4) is 0 Å². The van der Waals surface area contributed by atoms with Gasteiger partial charge in [0.1, 0.15) is 29.2 Å². The zero-order chi connectivity index (χ0) is 12.3. The molecule has 16 heavy (non-hydrogen) atoms. The lowest BCUT2D eigenvalue weighted by Crippen LogP contribution is -2.32. The van der Waals surface area contributed by atoms with Gasteiger partial charge >= 0.3 is 5.97 Å². The fourth-order valence-corrected chi connectivity index (χ4v) is 1.20. The number of benzene rings is 1. The Kier molecular flexibility index (Phi) is 3.43. The number of nitrogens with zero attached hydrogens (tertiary/aromatic N) is 1. The van der Waals surface area contributed by atoms with E-state index >= 15 is 0 Å². The zero-order valence-electron chi connectivity index (χ0n) is 8.14. The molecule has 1 rings (SSSR count). The fourth-order valence-electron chi connectivity index (χ4n) is 1.20. The molecule has 0 fully saturated rings. The molecule has 0 aliphatic heterocycles. The summed E-state index contributed by atoms with van der Waals surface area (Å²) in [7, 11) is 0. The van der Waals surface area contributed by atoms with Crippen LogP contribution in [0.25, 0.3) is 0 Å². The van der Waals surface area contributed by atoms with Crippen molar-refractivity contribution >= 4 is 5.97 Å². The largest absolute Gasteiger partial charge is 0.506 e. The van der Waals surface area contributed by atoms with Crippen LogP contribution in [0, 0.1) is 17.1 Å². The molecule has 0 radical (unpaired) electrons. The van der Waals surface area contributed by atoms with Crippen molar-refractivity contribution in [2.45, 2.75) is 12.5 Å². The van der Waals surface area contributed by atoms with Gasteiger partial charge in [0, 0.05) is 6.42 Å². The van der Waals surface area contributed by atoms with Gasteiger partial charge in [-0.1, -0.05) is 6.07 Å². The standard InChI is InChI=1S/C10H9FN2O3/c11-9-5(3-7(13)10(15)16)1-2-8(14)6(9)4-12/h1-2,7,14H,3,13H2,(H,15,16). The number of halogens is 1. The van der Waals surface area contributed by atoms with E-state index in [1.807, 2.05) is 0 Å². The topological polar surface area (TPSA) is 107 Å². The number of hydrogen-bond donors (Lipinski definition) is 3. The van der Waals surface area contributed by atoms with Gasteiger partial charge in [0.2, 0.25) is 0 Å². The first kappa shape index (κ1) is 11.9. The second-order valence-corrected chi connectivity index (χ2v) is 3.19. The first-order valence-electron chi connectivity index (χ1n) is 4.36. The number of phenols is 1. The maximum Gasteiger partial charge on any atom is 0.320 e. The average molecular weight is 224 g/mol. The molecular formula is C10H9FN2O3. The molecule has 6 heteroatoms. The molecule has 1 aromatic carbocycles. The molecule has 0 aromatic heterocycles. The average Bonchev–Trinajstić information content (AvgIpc) is 2.22. The number of hydrogen-bond acceptors (Lipinski definition) is 4. The van der Waals surface area contributed by atoms with E-state index in [0.29, 0.717) is 0 Å². The van der Waals surface area contributed by atoms with Crippen LogP contribution >= 0.6 is 0 Å². The molecule has 1 aromatic rings. The second kappa shape index (κ2) is 4.59. The Hall–Kier alpha value is -2.13. The van der Waals surface area contributed by atoms with Gasteiger partial charge in [-0.25, -0.2) is 4.39 Å². The molecule has 0 amide bonds. The number of carboxylic acid groups (broad SMARTS) is 1. The van der Waals surface area contributed by atoms with E-state index in [1.54, 1.807) is 0 Å². The van der Waals surface area contributed by atoms with Crippen molar-refractivity contribution in [2.75, 3.05) is 0 Å². The highest BCUT2D eigenvalue weighted by Gasteiger charge is 2.18. The molecule has 1 unspecified atom stereocenters. The molecule has 5 nitrogen and oxygen atoms in total. The molecule has 0 spiro atoms. The van der Waals surface area contributed by atoms with Crippen LogP contribution in [0.5, 0.6) is 5.75 Å². The van der Waals surface area contributed by atoms with Gasteiger partial charge in [-0.05, 0) is 11.6 Å². The fraction of sp³-hybridized carbons (Fsp3) is 0.200. The zero-order valence-corrected chi connectivity index (χ0v) is 8.14. The van der Waals surface area contributed by atoms with Crippen LogP contribution in [-0.4, -0.2) is 22.2 Å². The number of phenolic OH excluding ortho intramolecular Hbond substituents is 1. The third kappa shape index (κ3) is 2.27. The predicted molar refractivity (Wildman–Crippen MR) is 52.1 cm³/mol. The second-order valence-electron chi connectivity index (χ2n) is 3.19. The van der Waals surface area contributed by atoms with Gasteiger partial charge in [0.25, 0.3) is 0 Å². The van der Waals surface area contributed by atoms with Crippen LogP contribution in [-0.2, 0) is 11.2 Å². The molecule has 84 valence electrons. The minimum absolute atomic E-state index is 0.00995. The Morgan fingerprint density at radius 3 is 2.75 bits per heavy atom. The Bertz CT molecular complexity index is 468. The number of aromatic hydroxyl groups is 1. The van der Waals surface area contributed by atoms with E-state index in [1.165, 1.54) is 12.1 Å². The lowest BCUT2D eigenvalue weighted by atomic mass is 10.0. The van der Waals surface area contributed by atoms with E-state index in [2.05, 4.69) is 0 Å². The van der Waals surface area contributed by atoms with Crippen LogP contribution in [0.4, 0.5) is 4.39 Å². The van der Waals surface area contributed by atoms with Crippen molar-refractivity contribution in [1.29, 1.82) is 5.26 Å². The summed E-state index contributed by atoms with van der Waals surface area (Å²) in [4.78, 5) is 10.5. The van der Waals surface area contributed by atoms with E-state index in [-0.39, 0.29) is 12.0 Å². The maximum atomic E-state index is 13.5. The predicted octanol–water partition coefficient (Wildman–Crippen LogP) is 0.357. The molecule has 0 saturated carbocycles. The number of rotatable bonds is 3. The normalized spacial score (nSPS) is 11.8. The van der Waals surface area contributed by atoms with Crippen LogP contribution < -0.4 is 5.73 Å². The summed E-state index contributed by atoms with van der Waals surface area (Å²) < 4.78 is 13.5. The van der Waals surface area contributed by atoms with Gasteiger partial charge < -0.3 is 15.9 Å². The number of aliphatic carboxylic acids is 1. The molecule has 0 saturated heterocycles. The lowest BCUT2D eigenvalue weighted by Gasteiger charge is -2.08. The summed E-state index contributed by atoms with van der Waals surface area (Å²) in [6.07, 6.45) is -0.240. The van der Waals surface area contributed by atoms with Crippen LogP contribution in [0.2, 0.25) is 0 Å². The Morgan fingerprint density at radius 1 is 1.62 bits per heavy atom. The highest BCUT2D eigenvalue weighted by Crippen LogP contribution is 2.22. The Labute approximate surface area is 90.5 Å². The van der Waals surface area contributed by atoms with Gasteiger partial charge in [-0.2, -0.15) is 5.26 Å². The smallest absolute Gasteiger partial charge is 0.320 e. The maximum absolute atomic E-state index is 13.5. The van der Waals surface area contributed by atoms with Crippen molar-refractivity contribution in [3.05, 3.63) is 29.1 Å². The Balaban J connectivity index is 3.08. The van der Waals surface area contributed by atoms with E-state index < -0.39 is 29.1 Å². The molecular weight excluding hydrogens is 215 g/mol. The number of carboxylic acids is 1. The van der Waals surface area contributed by atoms with Gasteiger partial charge in [0.05, 0.1) is 0 Å². The third-order valence-electron chi connectivity index (χ3n) is 2.07. The van der Waals surface area contributed by atoms with E-state index in [4.69, 9.17) is 21.2 Å². The van der Waals surface area contributed by atoms with Gasteiger partial charge in [-0.15, -0.1) is 0 Å². The monoisotopic (exact) mass is 224 g/mol. The summed E-state index contributed by atoms with van der Waals surface area (Å²) in [5, 5.41) is 26.3. The van der Waals surface area contributed by atoms with Gasteiger partial charge in [0.15, 0.2) is 0 Å². The summed E-state index contributed by atoms with van der Waals surface area (Å²) in [6.45, 7) is 0. The molecule has 0 bridgehead atoms. The van der Waals surface area contributed by atoms with E-state index in [9.17, 15) is 9.18 Å². The summed E-state index contributed by atoms with van der Waals surface area (Å²) in [5.74, 6) is -2.67. The van der Waals surface area contributed by atoms with Crippen molar-refractivity contribution < 1.29 is 19.4 Å². The minimum atomic E-state index is -1.26. The molecule has 4 N–H and O–H groups in total. The van der Waals surface area contributed by atoms with E-state index in [0.717, 1.165) is 6.07 Å². The number of nitriles is 1. The van der Waals surface area contributed by atoms with Crippen LogP contribution in [0.15, 0.2) is 12.1 Å². The summed E-state index contributed by atoms with van der Waals surface area (Å²) in [6, 6.07) is 2.58. The third-order valence-corrected chi connectivity index (χ3v) is 2.07. The molecule has 0 heterocycles. The summed E-state index contributed by atoms with van der Waals surface area (Å²) in [5.41, 5.74) is 4.72. The van der Waals surface area contributed by atoms with Gasteiger partial charge in [-0.3, -0.25) is 4.79 Å². The first-order chi connectivity index (χ1) is 7.47. The van der Waals surface area contributed by atoms with Crippen LogP contribution in [0.1, 0.15) is 11.1 Å². The highest BCUT2D eigenvalue weighted by molar-refractivity contribution is 5.73. The molecule has 1 atom stereocenters. The number of carbonyl (C=O) groups is 1. The number of nitrogens with two attached hydrogens (primary N) is 1. The first-order valence-corrected chi connectivity index (χ1v) is 4.36. The van der Waals surface area contributed by atoms with Crippen molar-refractivity contribution in [2.24, 2.45) is 5.73 Å². The summed E-state index contributed by atoms with van der Waals surface area (Å²) >= 11 is 0. The van der Waals surface area contributed by atoms with Crippen molar-refractivity contribution in [3.63, 3.8) is 0 Å². The highest BCUT2D eigenvalue weighted by atomic mass is 19.1. The quantitative estimate of drug-likeness (QED) is 0.686. The van der Waals surface area contributed by atoms with Crippen molar-refractivity contribution in [1.82, 2.24) is 0 Å². The van der Waals surface area contributed by atoms with Crippen molar-refractivity contribution in [3.8, 4) is 11.8 Å².